The first-order valence-electron chi connectivity index (χ1n) is 6.04. The van der Waals surface area contributed by atoms with Gasteiger partial charge in [-0.2, -0.15) is 0 Å². The molecule has 5 heteroatoms. The summed E-state index contributed by atoms with van der Waals surface area (Å²) >= 11 is 0. The van der Waals surface area contributed by atoms with Gasteiger partial charge in [0.2, 0.25) is 0 Å². The first-order valence-corrected chi connectivity index (χ1v) is 6.04. The molecule has 0 bridgehead atoms. The zero-order valence-electron chi connectivity index (χ0n) is 11.1. The lowest BCUT2D eigenvalue weighted by Gasteiger charge is -2.14. The van der Waals surface area contributed by atoms with Gasteiger partial charge in [-0.05, 0) is 50.1 Å². The number of benzene rings is 1. The Bertz CT molecular complexity index is 591. The van der Waals surface area contributed by atoms with Crippen LogP contribution in [-0.2, 0) is 0 Å². The zero-order chi connectivity index (χ0) is 14.0. The molecule has 1 atom stereocenters. The lowest BCUT2D eigenvalue weighted by molar-refractivity contribution is -0.384. The molecule has 0 aliphatic rings. The normalized spacial score (nSPS) is 12.2. The highest BCUT2D eigenvalue weighted by molar-refractivity contribution is 5.65. The molecule has 1 heterocycles. The van der Waals surface area contributed by atoms with Gasteiger partial charge in [0, 0.05) is 6.07 Å². The minimum Gasteiger partial charge on any atom is -0.467 e. The SMILES string of the molecule is Cc1cc(NC(C)c2ccco2)c([N+](=O)[O-])cc1C. The molecule has 19 heavy (non-hydrogen) atoms. The van der Waals surface area contributed by atoms with Gasteiger partial charge >= 0.3 is 0 Å². The highest BCUT2D eigenvalue weighted by atomic mass is 16.6. The lowest BCUT2D eigenvalue weighted by atomic mass is 10.1. The van der Waals surface area contributed by atoms with E-state index in [4.69, 9.17) is 4.42 Å². The molecule has 0 fully saturated rings. The van der Waals surface area contributed by atoms with E-state index in [9.17, 15) is 10.1 Å². The Kier molecular flexibility index (Phi) is 3.55. The summed E-state index contributed by atoms with van der Waals surface area (Å²) in [4.78, 5) is 10.7. The smallest absolute Gasteiger partial charge is 0.292 e. The molecule has 1 unspecified atom stereocenters. The van der Waals surface area contributed by atoms with Gasteiger partial charge in [-0.15, -0.1) is 0 Å². The van der Waals surface area contributed by atoms with Crippen molar-refractivity contribution < 1.29 is 9.34 Å². The van der Waals surface area contributed by atoms with Gasteiger partial charge in [0.1, 0.15) is 11.4 Å². The number of rotatable bonds is 4. The van der Waals surface area contributed by atoms with Crippen molar-refractivity contribution >= 4 is 11.4 Å². The first kappa shape index (κ1) is 13.1. The molecular weight excluding hydrogens is 244 g/mol. The van der Waals surface area contributed by atoms with E-state index in [2.05, 4.69) is 5.32 Å². The summed E-state index contributed by atoms with van der Waals surface area (Å²) in [6.07, 6.45) is 1.59. The van der Waals surface area contributed by atoms with Crippen molar-refractivity contribution in [2.75, 3.05) is 5.32 Å². The van der Waals surface area contributed by atoms with Crippen LogP contribution >= 0.6 is 0 Å². The number of nitrogens with one attached hydrogen (secondary N) is 1. The summed E-state index contributed by atoms with van der Waals surface area (Å²) in [5.74, 6) is 0.743. The van der Waals surface area contributed by atoms with E-state index in [1.807, 2.05) is 26.8 Å². The summed E-state index contributed by atoms with van der Waals surface area (Å²) in [5, 5.41) is 14.2. The highest BCUT2D eigenvalue weighted by Gasteiger charge is 2.18. The van der Waals surface area contributed by atoms with E-state index < -0.39 is 0 Å². The number of nitro benzene ring substituents is 1. The minimum atomic E-state index is -0.371. The van der Waals surface area contributed by atoms with Gasteiger partial charge in [0.25, 0.3) is 5.69 Å². The van der Waals surface area contributed by atoms with E-state index in [0.29, 0.717) is 5.69 Å². The van der Waals surface area contributed by atoms with E-state index in [1.165, 1.54) is 0 Å². The Morgan fingerprint density at radius 2 is 2.00 bits per heavy atom. The number of nitrogens with zero attached hydrogens (tertiary/aromatic N) is 1. The minimum absolute atomic E-state index is 0.0847. The summed E-state index contributed by atoms with van der Waals surface area (Å²) < 4.78 is 5.29. The third kappa shape index (κ3) is 2.76. The second kappa shape index (κ2) is 5.14. The lowest BCUT2D eigenvalue weighted by Crippen LogP contribution is -2.08. The van der Waals surface area contributed by atoms with Crippen LogP contribution in [0.2, 0.25) is 0 Å². The van der Waals surface area contributed by atoms with Crippen molar-refractivity contribution in [2.45, 2.75) is 26.8 Å². The third-order valence-electron chi connectivity index (χ3n) is 3.15. The maximum atomic E-state index is 11.1. The summed E-state index contributed by atoms with van der Waals surface area (Å²) in [6, 6.07) is 6.89. The van der Waals surface area contributed by atoms with Gasteiger partial charge in [-0.3, -0.25) is 10.1 Å². The summed E-state index contributed by atoms with van der Waals surface area (Å²) in [7, 11) is 0. The van der Waals surface area contributed by atoms with Crippen molar-refractivity contribution in [2.24, 2.45) is 0 Å². The third-order valence-corrected chi connectivity index (χ3v) is 3.15. The molecule has 100 valence electrons. The number of aryl methyl sites for hydroxylation is 2. The number of hydrogen-bond donors (Lipinski definition) is 1. The van der Waals surface area contributed by atoms with Gasteiger partial charge in [-0.1, -0.05) is 0 Å². The largest absolute Gasteiger partial charge is 0.467 e. The molecule has 1 aromatic heterocycles. The molecular formula is C14H16N2O3. The summed E-state index contributed by atoms with van der Waals surface area (Å²) in [6.45, 7) is 5.70. The van der Waals surface area contributed by atoms with Crippen molar-refractivity contribution in [1.29, 1.82) is 0 Å². The molecule has 0 aliphatic heterocycles. The number of anilines is 1. The second-order valence-corrected chi connectivity index (χ2v) is 4.59. The standard InChI is InChI=1S/C14H16N2O3/c1-9-7-12(13(16(17)18)8-10(9)2)15-11(3)14-5-4-6-19-14/h4-8,11,15H,1-3H3. The Morgan fingerprint density at radius 3 is 2.58 bits per heavy atom. The van der Waals surface area contributed by atoms with Crippen LogP contribution in [0.5, 0.6) is 0 Å². The maximum Gasteiger partial charge on any atom is 0.292 e. The van der Waals surface area contributed by atoms with Gasteiger partial charge in [-0.25, -0.2) is 0 Å². The van der Waals surface area contributed by atoms with E-state index in [0.717, 1.165) is 16.9 Å². The van der Waals surface area contributed by atoms with Crippen LogP contribution < -0.4 is 5.32 Å². The number of hydrogen-bond acceptors (Lipinski definition) is 4. The molecule has 0 saturated heterocycles. The Hall–Kier alpha value is -2.30. The van der Waals surface area contributed by atoms with Crippen molar-refractivity contribution in [3.63, 3.8) is 0 Å². The fourth-order valence-electron chi connectivity index (χ4n) is 1.91. The molecule has 0 radical (unpaired) electrons. The van der Waals surface area contributed by atoms with Crippen molar-refractivity contribution in [3.05, 3.63) is 57.5 Å². The Morgan fingerprint density at radius 1 is 1.32 bits per heavy atom. The number of nitro groups is 1. The fourth-order valence-corrected chi connectivity index (χ4v) is 1.91. The topological polar surface area (TPSA) is 68.3 Å². The van der Waals surface area contributed by atoms with Crippen molar-refractivity contribution in [1.82, 2.24) is 0 Å². The van der Waals surface area contributed by atoms with Crippen LogP contribution in [0.3, 0.4) is 0 Å². The molecule has 0 saturated carbocycles. The van der Waals surface area contributed by atoms with Gasteiger partial charge < -0.3 is 9.73 Å². The van der Waals surface area contributed by atoms with Crippen LogP contribution in [0.25, 0.3) is 0 Å². The van der Waals surface area contributed by atoms with Gasteiger partial charge in [0.15, 0.2) is 0 Å². The molecule has 5 nitrogen and oxygen atoms in total. The molecule has 0 aliphatic carbocycles. The average Bonchev–Trinajstić information content (AvgIpc) is 2.86. The maximum absolute atomic E-state index is 11.1. The Labute approximate surface area is 111 Å². The molecule has 2 rings (SSSR count). The fraction of sp³-hybridized carbons (Fsp3) is 0.286. The molecule has 1 aromatic carbocycles. The van der Waals surface area contributed by atoms with Crippen LogP contribution in [0.15, 0.2) is 34.9 Å². The molecule has 2 aromatic rings. The first-order chi connectivity index (χ1) is 8.99. The molecule has 0 amide bonds. The van der Waals surface area contributed by atoms with Crippen LogP contribution in [0.1, 0.15) is 29.9 Å². The zero-order valence-corrected chi connectivity index (χ0v) is 11.1. The average molecular weight is 260 g/mol. The van der Waals surface area contributed by atoms with E-state index >= 15 is 0 Å². The predicted molar refractivity (Wildman–Crippen MR) is 73.3 cm³/mol. The highest BCUT2D eigenvalue weighted by Crippen LogP contribution is 2.31. The monoisotopic (exact) mass is 260 g/mol. The van der Waals surface area contributed by atoms with E-state index in [-0.39, 0.29) is 16.7 Å². The number of furan rings is 1. The molecule has 0 spiro atoms. The quantitative estimate of drug-likeness (QED) is 0.667. The van der Waals surface area contributed by atoms with Crippen LogP contribution in [0, 0.1) is 24.0 Å². The van der Waals surface area contributed by atoms with Crippen molar-refractivity contribution in [3.8, 4) is 0 Å². The van der Waals surface area contributed by atoms with Gasteiger partial charge in [0.05, 0.1) is 17.2 Å². The molecule has 1 N–H and O–H groups in total. The van der Waals surface area contributed by atoms with E-state index in [1.54, 1.807) is 24.5 Å². The van der Waals surface area contributed by atoms with Crippen LogP contribution in [0.4, 0.5) is 11.4 Å². The predicted octanol–water partition coefficient (Wildman–Crippen LogP) is 3.98. The summed E-state index contributed by atoms with van der Waals surface area (Å²) in [5.41, 5.74) is 2.51. The Balaban J connectivity index is 2.33. The van der Waals surface area contributed by atoms with Crippen LogP contribution in [-0.4, -0.2) is 4.92 Å². The second-order valence-electron chi connectivity index (χ2n) is 4.59.